The van der Waals surface area contributed by atoms with Gasteiger partial charge in [-0.3, -0.25) is 4.79 Å². The van der Waals surface area contributed by atoms with Crippen molar-refractivity contribution >= 4 is 14.0 Å². The lowest BCUT2D eigenvalue weighted by molar-refractivity contribution is -0.142. The van der Waals surface area contributed by atoms with Crippen LogP contribution in [-0.2, 0) is 9.53 Å². The van der Waals surface area contributed by atoms with Crippen LogP contribution in [0.4, 0.5) is 0 Å². The summed E-state index contributed by atoms with van der Waals surface area (Å²) < 4.78 is 5.35. The summed E-state index contributed by atoms with van der Waals surface area (Å²) in [5.74, 6) is 0.0717. The summed E-state index contributed by atoms with van der Waals surface area (Å²) >= 11 is 0. The molecule has 120 valence electrons. The first-order valence-electron chi connectivity index (χ1n) is 8.74. The van der Waals surface area contributed by atoms with Crippen molar-refractivity contribution in [2.45, 2.75) is 96.8 Å². The van der Waals surface area contributed by atoms with Gasteiger partial charge in [0.25, 0.3) is 0 Å². The molecule has 0 aromatic heterocycles. The summed E-state index contributed by atoms with van der Waals surface area (Å²) in [7, 11) is -1.54. The average molecular weight is 301 g/mol. The zero-order valence-corrected chi connectivity index (χ0v) is 15.5. The van der Waals surface area contributed by atoms with Gasteiger partial charge in [0.05, 0.1) is 14.7 Å². The third kappa shape index (κ3) is 6.42. The molecule has 0 radical (unpaired) electrons. The van der Waals surface area contributed by atoms with Gasteiger partial charge in [-0.25, -0.2) is 0 Å². The van der Waals surface area contributed by atoms with Crippen LogP contribution in [0.3, 0.4) is 0 Å². The van der Waals surface area contributed by atoms with E-state index in [1.807, 2.05) is 6.92 Å². The van der Waals surface area contributed by atoms with E-state index in [1.165, 1.54) is 56.7 Å². The van der Waals surface area contributed by atoms with Crippen LogP contribution in [0.5, 0.6) is 0 Å². The Labute approximate surface area is 127 Å². The zero-order valence-electron chi connectivity index (χ0n) is 14.5. The van der Waals surface area contributed by atoms with E-state index >= 15 is 0 Å². The largest absolute Gasteiger partial charge is 0.466 e. The van der Waals surface area contributed by atoms with E-state index in [4.69, 9.17) is 4.74 Å². The van der Waals surface area contributed by atoms with Gasteiger partial charge in [0.15, 0.2) is 0 Å². The van der Waals surface area contributed by atoms with Crippen molar-refractivity contribution in [2.24, 2.45) is 0 Å². The number of esters is 1. The molecule has 0 aromatic carbocycles. The lowest BCUT2D eigenvalue weighted by Gasteiger charge is -2.36. The van der Waals surface area contributed by atoms with E-state index in [0.717, 1.165) is 0 Å². The molecule has 0 amide bonds. The number of ether oxygens (including phenoxy) is 1. The van der Waals surface area contributed by atoms with Crippen LogP contribution in [0.15, 0.2) is 0 Å². The summed E-state index contributed by atoms with van der Waals surface area (Å²) in [6.07, 6.45) is 7.56. The van der Waals surface area contributed by atoms with Gasteiger partial charge >= 0.3 is 5.97 Å². The Morgan fingerprint density at radius 3 is 1.60 bits per heavy atom. The van der Waals surface area contributed by atoms with E-state index < -0.39 is 8.07 Å². The van der Waals surface area contributed by atoms with Gasteiger partial charge in [-0.1, -0.05) is 84.4 Å². The number of unbranched alkanes of at least 4 members (excludes halogenated alkanes) is 3. The topological polar surface area (TPSA) is 26.3 Å². The Balaban J connectivity index is 5.04. The lowest BCUT2D eigenvalue weighted by atomic mass is 10.4. The SMILES string of the molecule is CCCC[Si](CCCC)(CCCC)C(C)C(=O)OCC. The minimum absolute atomic E-state index is 0.0717. The second-order valence-corrected chi connectivity index (χ2v) is 11.2. The van der Waals surface area contributed by atoms with E-state index in [0.29, 0.717) is 6.61 Å². The highest BCUT2D eigenvalue weighted by molar-refractivity contribution is 6.83. The van der Waals surface area contributed by atoms with Crippen molar-refractivity contribution < 1.29 is 9.53 Å². The van der Waals surface area contributed by atoms with Crippen LogP contribution >= 0.6 is 0 Å². The molecule has 0 spiro atoms. The maximum Gasteiger partial charge on any atom is 0.305 e. The molecule has 1 unspecified atom stereocenters. The Hall–Kier alpha value is -0.313. The number of carbonyl (C=O) groups is 1. The fraction of sp³-hybridized carbons (Fsp3) is 0.941. The first-order chi connectivity index (χ1) is 9.57. The van der Waals surface area contributed by atoms with Crippen molar-refractivity contribution in [3.63, 3.8) is 0 Å². The standard InChI is InChI=1S/C17H36O2Si/c1-6-10-13-20(14-11-7-2,15-12-8-3)16(5)17(18)19-9-4/h16H,6-15H2,1-5H3. The summed E-state index contributed by atoms with van der Waals surface area (Å²) in [6, 6.07) is 3.93. The summed E-state index contributed by atoms with van der Waals surface area (Å²) in [6.45, 7) is 11.4. The predicted octanol–water partition coefficient (Wildman–Crippen LogP) is 5.79. The van der Waals surface area contributed by atoms with Crippen molar-refractivity contribution in [1.82, 2.24) is 0 Å². The molecule has 0 N–H and O–H groups in total. The maximum absolute atomic E-state index is 12.3. The second kappa shape index (κ2) is 11.4. The Morgan fingerprint density at radius 1 is 0.900 bits per heavy atom. The molecule has 3 heteroatoms. The Morgan fingerprint density at radius 2 is 1.30 bits per heavy atom. The van der Waals surface area contributed by atoms with Crippen LogP contribution in [0.2, 0.25) is 23.7 Å². The summed E-state index contributed by atoms with van der Waals surface area (Å²) in [5.41, 5.74) is 0.173. The molecule has 0 aromatic rings. The molecule has 0 rings (SSSR count). The van der Waals surface area contributed by atoms with Crippen molar-refractivity contribution in [1.29, 1.82) is 0 Å². The van der Waals surface area contributed by atoms with Gasteiger partial charge in [0.1, 0.15) is 0 Å². The normalized spacial score (nSPS) is 13.2. The smallest absolute Gasteiger partial charge is 0.305 e. The highest BCUT2D eigenvalue weighted by Crippen LogP contribution is 2.38. The molecule has 0 aliphatic rings. The van der Waals surface area contributed by atoms with Crippen LogP contribution in [0, 0.1) is 0 Å². The molecule has 0 aliphatic carbocycles. The third-order valence-electron chi connectivity index (χ3n) is 4.64. The van der Waals surface area contributed by atoms with Crippen LogP contribution in [0.1, 0.15) is 73.1 Å². The fourth-order valence-corrected chi connectivity index (χ4v) is 8.93. The number of rotatable bonds is 12. The quantitative estimate of drug-likeness (QED) is 0.337. The van der Waals surface area contributed by atoms with Crippen LogP contribution < -0.4 is 0 Å². The lowest BCUT2D eigenvalue weighted by Crippen LogP contribution is -2.42. The monoisotopic (exact) mass is 300 g/mol. The average Bonchev–Trinajstić information content (AvgIpc) is 2.46. The molecular weight excluding hydrogens is 264 g/mol. The third-order valence-corrected chi connectivity index (χ3v) is 10.8. The van der Waals surface area contributed by atoms with Crippen molar-refractivity contribution in [3.8, 4) is 0 Å². The number of carbonyl (C=O) groups excluding carboxylic acids is 1. The number of hydrogen-bond acceptors (Lipinski definition) is 2. The molecule has 0 saturated heterocycles. The molecule has 0 saturated carbocycles. The van der Waals surface area contributed by atoms with Crippen molar-refractivity contribution in [2.75, 3.05) is 6.61 Å². The van der Waals surface area contributed by atoms with E-state index in [-0.39, 0.29) is 11.5 Å². The first-order valence-corrected chi connectivity index (χ1v) is 11.4. The van der Waals surface area contributed by atoms with E-state index in [9.17, 15) is 4.79 Å². The molecule has 2 nitrogen and oxygen atoms in total. The van der Waals surface area contributed by atoms with E-state index in [1.54, 1.807) is 0 Å². The van der Waals surface area contributed by atoms with Crippen LogP contribution in [0.25, 0.3) is 0 Å². The fourth-order valence-electron chi connectivity index (χ4n) is 3.13. The first kappa shape index (κ1) is 19.7. The highest BCUT2D eigenvalue weighted by atomic mass is 28.3. The summed E-state index contributed by atoms with van der Waals surface area (Å²) in [5, 5.41) is 0. The summed E-state index contributed by atoms with van der Waals surface area (Å²) in [4.78, 5) is 12.3. The molecule has 0 fully saturated rings. The van der Waals surface area contributed by atoms with E-state index in [2.05, 4.69) is 27.7 Å². The number of hydrogen-bond donors (Lipinski definition) is 0. The van der Waals surface area contributed by atoms with Gasteiger partial charge in [-0.2, -0.15) is 0 Å². The molecule has 0 heterocycles. The molecule has 1 atom stereocenters. The van der Waals surface area contributed by atoms with Crippen molar-refractivity contribution in [3.05, 3.63) is 0 Å². The zero-order chi connectivity index (χ0) is 15.4. The highest BCUT2D eigenvalue weighted by Gasteiger charge is 2.41. The van der Waals surface area contributed by atoms with Gasteiger partial charge in [0.2, 0.25) is 0 Å². The van der Waals surface area contributed by atoms with Gasteiger partial charge < -0.3 is 4.74 Å². The predicted molar refractivity (Wildman–Crippen MR) is 91.0 cm³/mol. The van der Waals surface area contributed by atoms with Gasteiger partial charge in [-0.15, -0.1) is 0 Å². The molecule has 0 aliphatic heterocycles. The van der Waals surface area contributed by atoms with Crippen LogP contribution in [-0.4, -0.2) is 20.7 Å². The Kier molecular flexibility index (Phi) is 11.2. The molecular formula is C17H36O2Si. The maximum atomic E-state index is 12.3. The minimum Gasteiger partial charge on any atom is -0.466 e. The molecule has 0 bridgehead atoms. The molecule has 20 heavy (non-hydrogen) atoms. The van der Waals surface area contributed by atoms with Gasteiger partial charge in [0, 0.05) is 5.54 Å². The second-order valence-electron chi connectivity index (χ2n) is 6.15. The minimum atomic E-state index is -1.54. The van der Waals surface area contributed by atoms with Gasteiger partial charge in [-0.05, 0) is 6.92 Å². The Bertz CT molecular complexity index is 232.